The number of anilines is 1. The van der Waals surface area contributed by atoms with E-state index in [1.54, 1.807) is 31.4 Å². The quantitative estimate of drug-likeness (QED) is 0.728. The average Bonchev–Trinajstić information content (AvgIpc) is 2.67. The van der Waals surface area contributed by atoms with Crippen LogP contribution in [0.1, 0.15) is 29.8 Å². The number of hydrogen-bond donors (Lipinski definition) is 2. The normalized spacial score (nSPS) is 10.5. The fourth-order valence-corrected chi connectivity index (χ4v) is 2.71. The third kappa shape index (κ3) is 5.82. The van der Waals surface area contributed by atoms with Crippen molar-refractivity contribution < 1.29 is 9.53 Å². The van der Waals surface area contributed by atoms with E-state index < -0.39 is 0 Å². The molecule has 0 spiro atoms. The van der Waals surface area contributed by atoms with Crippen LogP contribution in [0, 0.1) is 0 Å². The SMILES string of the molecule is CCN(CC)Cc1ccc(NC(=S)NC(=O)c2cccc(OC)c2)cc1. The molecule has 0 heterocycles. The molecular weight excluding hydrogens is 346 g/mol. The second kappa shape index (κ2) is 9.89. The summed E-state index contributed by atoms with van der Waals surface area (Å²) in [5.41, 5.74) is 2.57. The van der Waals surface area contributed by atoms with E-state index in [1.807, 2.05) is 12.1 Å². The second-order valence-corrected chi connectivity index (χ2v) is 6.21. The number of carbonyl (C=O) groups excluding carboxylic acids is 1. The molecule has 0 saturated heterocycles. The molecule has 138 valence electrons. The summed E-state index contributed by atoms with van der Waals surface area (Å²) < 4.78 is 5.13. The molecule has 0 aliphatic rings. The van der Waals surface area contributed by atoms with Crippen molar-refractivity contribution in [3.8, 4) is 5.75 Å². The van der Waals surface area contributed by atoms with E-state index in [4.69, 9.17) is 17.0 Å². The predicted molar refractivity (Wildman–Crippen MR) is 110 cm³/mol. The van der Waals surface area contributed by atoms with E-state index in [0.29, 0.717) is 11.3 Å². The number of ether oxygens (including phenoxy) is 1. The van der Waals surface area contributed by atoms with Crippen LogP contribution in [0.4, 0.5) is 5.69 Å². The molecule has 6 heteroatoms. The standard InChI is InChI=1S/C20H25N3O2S/c1-4-23(5-2)14-15-9-11-17(12-10-15)21-20(26)22-19(24)16-7-6-8-18(13-16)25-3/h6-13H,4-5,14H2,1-3H3,(H2,21,22,24,26). The van der Waals surface area contributed by atoms with Gasteiger partial charge in [-0.25, -0.2) is 0 Å². The van der Waals surface area contributed by atoms with Crippen molar-refractivity contribution in [1.82, 2.24) is 10.2 Å². The van der Waals surface area contributed by atoms with Crippen LogP contribution in [-0.2, 0) is 6.54 Å². The van der Waals surface area contributed by atoms with Crippen LogP contribution in [0.5, 0.6) is 5.75 Å². The number of thiocarbonyl (C=S) groups is 1. The Balaban J connectivity index is 1.91. The van der Waals surface area contributed by atoms with E-state index in [2.05, 4.69) is 41.5 Å². The van der Waals surface area contributed by atoms with Gasteiger partial charge in [-0.3, -0.25) is 15.0 Å². The predicted octanol–water partition coefficient (Wildman–Crippen LogP) is 3.66. The Morgan fingerprint density at radius 3 is 2.42 bits per heavy atom. The van der Waals surface area contributed by atoms with Crippen LogP contribution >= 0.6 is 12.2 Å². The molecule has 2 N–H and O–H groups in total. The summed E-state index contributed by atoms with van der Waals surface area (Å²) in [5, 5.41) is 5.97. The Kier molecular flexibility index (Phi) is 7.56. The van der Waals surface area contributed by atoms with Crippen molar-refractivity contribution in [2.75, 3.05) is 25.5 Å². The van der Waals surface area contributed by atoms with E-state index in [9.17, 15) is 4.79 Å². The minimum Gasteiger partial charge on any atom is -0.497 e. The summed E-state index contributed by atoms with van der Waals surface area (Å²) in [7, 11) is 1.56. The van der Waals surface area contributed by atoms with Gasteiger partial charge in [0, 0.05) is 17.8 Å². The largest absolute Gasteiger partial charge is 0.497 e. The van der Waals surface area contributed by atoms with Gasteiger partial charge in [-0.05, 0) is 61.2 Å². The number of hydrogen-bond acceptors (Lipinski definition) is 4. The third-order valence-corrected chi connectivity index (χ3v) is 4.28. The van der Waals surface area contributed by atoms with Gasteiger partial charge >= 0.3 is 0 Å². The summed E-state index contributed by atoms with van der Waals surface area (Å²) in [6, 6.07) is 15.0. The van der Waals surface area contributed by atoms with Gasteiger partial charge in [0.15, 0.2) is 5.11 Å². The van der Waals surface area contributed by atoms with Crippen molar-refractivity contribution >= 4 is 28.9 Å². The number of amides is 1. The molecule has 0 fully saturated rings. The van der Waals surface area contributed by atoms with E-state index in [-0.39, 0.29) is 11.0 Å². The van der Waals surface area contributed by atoms with Crippen LogP contribution in [0.2, 0.25) is 0 Å². The molecule has 2 aromatic carbocycles. The van der Waals surface area contributed by atoms with Gasteiger partial charge in [-0.15, -0.1) is 0 Å². The number of benzene rings is 2. The molecule has 26 heavy (non-hydrogen) atoms. The van der Waals surface area contributed by atoms with Crippen LogP contribution < -0.4 is 15.4 Å². The molecule has 0 radical (unpaired) electrons. The van der Waals surface area contributed by atoms with Crippen LogP contribution in [-0.4, -0.2) is 36.1 Å². The molecule has 2 rings (SSSR count). The monoisotopic (exact) mass is 371 g/mol. The molecule has 0 aliphatic heterocycles. The highest BCUT2D eigenvalue weighted by Gasteiger charge is 2.09. The van der Waals surface area contributed by atoms with E-state index in [0.717, 1.165) is 25.3 Å². The van der Waals surface area contributed by atoms with Gasteiger partial charge in [0.1, 0.15) is 5.75 Å². The van der Waals surface area contributed by atoms with Gasteiger partial charge < -0.3 is 10.1 Å². The first-order chi connectivity index (χ1) is 12.5. The number of methoxy groups -OCH3 is 1. The smallest absolute Gasteiger partial charge is 0.257 e. The van der Waals surface area contributed by atoms with Crippen molar-refractivity contribution in [2.45, 2.75) is 20.4 Å². The highest BCUT2D eigenvalue weighted by molar-refractivity contribution is 7.80. The molecule has 1 amide bonds. The van der Waals surface area contributed by atoms with Gasteiger partial charge in [0.05, 0.1) is 7.11 Å². The van der Waals surface area contributed by atoms with Crippen LogP contribution in [0.3, 0.4) is 0 Å². The first-order valence-electron chi connectivity index (χ1n) is 8.63. The Bertz CT molecular complexity index is 743. The highest BCUT2D eigenvalue weighted by Crippen LogP contribution is 2.13. The summed E-state index contributed by atoms with van der Waals surface area (Å²) >= 11 is 5.23. The number of rotatable bonds is 7. The minimum absolute atomic E-state index is 0.259. The fourth-order valence-electron chi connectivity index (χ4n) is 2.50. The van der Waals surface area contributed by atoms with E-state index >= 15 is 0 Å². The lowest BCUT2D eigenvalue weighted by molar-refractivity contribution is 0.0977. The Morgan fingerprint density at radius 2 is 1.81 bits per heavy atom. The molecule has 0 unspecified atom stereocenters. The highest BCUT2D eigenvalue weighted by atomic mass is 32.1. The zero-order valence-electron chi connectivity index (χ0n) is 15.4. The number of nitrogens with one attached hydrogen (secondary N) is 2. The van der Waals surface area contributed by atoms with Gasteiger partial charge in [-0.2, -0.15) is 0 Å². The van der Waals surface area contributed by atoms with E-state index in [1.165, 1.54) is 5.56 Å². The van der Waals surface area contributed by atoms with Crippen molar-refractivity contribution in [3.05, 3.63) is 59.7 Å². The molecular formula is C20H25N3O2S. The maximum atomic E-state index is 12.3. The Morgan fingerprint density at radius 1 is 1.12 bits per heavy atom. The zero-order valence-corrected chi connectivity index (χ0v) is 16.2. The summed E-state index contributed by atoms with van der Waals surface area (Å²) in [6.45, 7) is 7.28. The van der Waals surface area contributed by atoms with Gasteiger partial charge in [-0.1, -0.05) is 32.0 Å². The van der Waals surface area contributed by atoms with Gasteiger partial charge in [0.2, 0.25) is 0 Å². The molecule has 2 aromatic rings. The van der Waals surface area contributed by atoms with Crippen molar-refractivity contribution in [2.24, 2.45) is 0 Å². The molecule has 0 saturated carbocycles. The van der Waals surface area contributed by atoms with Crippen molar-refractivity contribution in [3.63, 3.8) is 0 Å². The van der Waals surface area contributed by atoms with Gasteiger partial charge in [0.25, 0.3) is 5.91 Å². The summed E-state index contributed by atoms with van der Waals surface area (Å²) in [5.74, 6) is 0.347. The molecule has 0 atom stereocenters. The molecule has 0 bridgehead atoms. The molecule has 0 aromatic heterocycles. The van der Waals surface area contributed by atoms with Crippen LogP contribution in [0.25, 0.3) is 0 Å². The van der Waals surface area contributed by atoms with Crippen molar-refractivity contribution in [1.29, 1.82) is 0 Å². The first-order valence-corrected chi connectivity index (χ1v) is 9.04. The zero-order chi connectivity index (χ0) is 18.9. The Labute approximate surface area is 160 Å². The fraction of sp³-hybridized carbons (Fsp3) is 0.300. The average molecular weight is 372 g/mol. The lowest BCUT2D eigenvalue weighted by atomic mass is 10.2. The minimum atomic E-state index is -0.278. The summed E-state index contributed by atoms with van der Waals surface area (Å²) in [4.78, 5) is 14.6. The Hall–Kier alpha value is -2.44. The third-order valence-electron chi connectivity index (χ3n) is 4.07. The first kappa shape index (κ1) is 19.9. The lowest BCUT2D eigenvalue weighted by Crippen LogP contribution is -2.34. The van der Waals surface area contributed by atoms with Crippen LogP contribution in [0.15, 0.2) is 48.5 Å². The maximum absolute atomic E-state index is 12.3. The summed E-state index contributed by atoms with van der Waals surface area (Å²) in [6.07, 6.45) is 0. The molecule has 5 nitrogen and oxygen atoms in total. The number of carbonyl (C=O) groups is 1. The second-order valence-electron chi connectivity index (χ2n) is 5.80. The topological polar surface area (TPSA) is 53.6 Å². The lowest BCUT2D eigenvalue weighted by Gasteiger charge is -2.18. The maximum Gasteiger partial charge on any atom is 0.257 e. The number of nitrogens with zero attached hydrogens (tertiary/aromatic N) is 1. The molecule has 0 aliphatic carbocycles.